The highest BCUT2D eigenvalue weighted by atomic mass is 32.1. The second kappa shape index (κ2) is 8.47. The third-order valence-corrected chi connectivity index (χ3v) is 6.43. The highest BCUT2D eigenvalue weighted by molar-refractivity contribution is 7.10. The van der Waals surface area contributed by atoms with Gasteiger partial charge in [0.15, 0.2) is 12.4 Å². The van der Waals surface area contributed by atoms with Crippen LogP contribution < -0.4 is 4.57 Å². The van der Waals surface area contributed by atoms with Crippen LogP contribution >= 0.6 is 11.3 Å². The zero-order chi connectivity index (χ0) is 21.8. The standard InChI is InChI=1S/C24H18N5OS/c25-14-17(15-26)22-19(16-27)21(20-10-7-13-31-20)23(29-11-5-2-6-12-29)24(30,28-22)18-8-3-1-4-9-18/h1-13,19,21,23,25,30H/q+1. The van der Waals surface area contributed by atoms with Crippen molar-refractivity contribution in [3.05, 3.63) is 94.5 Å². The number of benzene rings is 1. The van der Waals surface area contributed by atoms with Crippen molar-refractivity contribution in [1.82, 2.24) is 0 Å². The van der Waals surface area contributed by atoms with E-state index in [1.807, 2.05) is 76.9 Å². The van der Waals surface area contributed by atoms with E-state index in [1.165, 1.54) is 11.3 Å². The normalized spacial score (nSPS) is 24.9. The number of aliphatic imine (C=N–C) groups is 1. The fourth-order valence-corrected chi connectivity index (χ4v) is 5.03. The Bertz CT molecular complexity index is 1230. The Labute approximate surface area is 183 Å². The molecule has 2 aromatic heterocycles. The lowest BCUT2D eigenvalue weighted by Crippen LogP contribution is -2.58. The topological polar surface area (TPSA) is 108 Å². The fraction of sp³-hybridized carbons (Fsp3) is 0.167. The van der Waals surface area contributed by atoms with Crippen molar-refractivity contribution < 1.29 is 9.67 Å². The van der Waals surface area contributed by atoms with Crippen LogP contribution in [0.5, 0.6) is 0 Å². The Morgan fingerprint density at radius 3 is 2.35 bits per heavy atom. The van der Waals surface area contributed by atoms with E-state index in [0.717, 1.165) is 4.88 Å². The van der Waals surface area contributed by atoms with E-state index >= 15 is 0 Å². The summed E-state index contributed by atoms with van der Waals surface area (Å²) in [7, 11) is 0. The van der Waals surface area contributed by atoms with Gasteiger partial charge in [0.25, 0.3) is 0 Å². The molecule has 1 aromatic carbocycles. The first-order valence-electron chi connectivity index (χ1n) is 9.60. The molecule has 6 nitrogen and oxygen atoms in total. The number of hydrogen-bond acceptors (Lipinski definition) is 6. The van der Waals surface area contributed by atoms with Crippen molar-refractivity contribution >= 4 is 22.9 Å². The molecule has 3 aromatic rings. The molecule has 0 saturated heterocycles. The summed E-state index contributed by atoms with van der Waals surface area (Å²) in [6.45, 7) is 0. The molecule has 1 aliphatic rings. The fourth-order valence-electron chi connectivity index (χ4n) is 4.13. The molecule has 0 fully saturated rings. The maximum absolute atomic E-state index is 12.1. The van der Waals surface area contributed by atoms with Gasteiger partial charge in [-0.15, -0.1) is 11.3 Å². The SMILES string of the molecule is N#CC(=C=N)C1=NC(O)(c2ccccc2)C([n+]2ccccc2)C(c2cccs2)C1C#N. The molecule has 0 spiro atoms. The smallest absolute Gasteiger partial charge is 0.246 e. The van der Waals surface area contributed by atoms with Gasteiger partial charge in [-0.25, -0.2) is 4.99 Å². The highest BCUT2D eigenvalue weighted by Gasteiger charge is 2.58. The third-order valence-electron chi connectivity index (χ3n) is 5.46. The zero-order valence-corrected chi connectivity index (χ0v) is 17.2. The van der Waals surface area contributed by atoms with Crippen molar-refractivity contribution in [1.29, 1.82) is 15.9 Å². The number of nitriles is 2. The van der Waals surface area contributed by atoms with Crippen LogP contribution in [0.3, 0.4) is 0 Å². The third kappa shape index (κ3) is 3.48. The van der Waals surface area contributed by atoms with E-state index in [1.54, 1.807) is 12.1 Å². The largest absolute Gasteiger partial charge is 0.360 e. The van der Waals surface area contributed by atoms with E-state index in [2.05, 4.69) is 16.9 Å². The van der Waals surface area contributed by atoms with E-state index in [0.29, 0.717) is 5.56 Å². The number of allylic oxidation sites excluding steroid dienone is 1. The second-order valence-corrected chi connectivity index (χ2v) is 8.10. The summed E-state index contributed by atoms with van der Waals surface area (Å²) in [4.78, 5) is 5.47. The Hall–Kier alpha value is -3.87. The lowest BCUT2D eigenvalue weighted by Gasteiger charge is -2.40. The van der Waals surface area contributed by atoms with Gasteiger partial charge in [0.05, 0.1) is 17.7 Å². The van der Waals surface area contributed by atoms with Crippen LogP contribution in [0.2, 0.25) is 0 Å². The van der Waals surface area contributed by atoms with Crippen LogP contribution in [0, 0.1) is 34.0 Å². The van der Waals surface area contributed by atoms with Crippen molar-refractivity contribution in [2.75, 3.05) is 0 Å². The predicted octanol–water partition coefficient (Wildman–Crippen LogP) is 3.50. The average molecular weight is 425 g/mol. The zero-order valence-electron chi connectivity index (χ0n) is 16.4. The highest BCUT2D eigenvalue weighted by Crippen LogP contribution is 2.50. The van der Waals surface area contributed by atoms with Crippen LogP contribution in [-0.4, -0.2) is 16.7 Å². The second-order valence-electron chi connectivity index (χ2n) is 7.12. The van der Waals surface area contributed by atoms with Crippen molar-refractivity contribution in [3.63, 3.8) is 0 Å². The molecule has 0 amide bonds. The first kappa shape index (κ1) is 20.4. The monoisotopic (exact) mass is 424 g/mol. The molecule has 2 N–H and O–H groups in total. The molecule has 4 atom stereocenters. The Balaban J connectivity index is 2.09. The number of hydrogen-bond donors (Lipinski definition) is 2. The van der Waals surface area contributed by atoms with E-state index in [-0.39, 0.29) is 11.3 Å². The summed E-state index contributed by atoms with van der Waals surface area (Å²) < 4.78 is 1.86. The van der Waals surface area contributed by atoms with Gasteiger partial charge in [-0.1, -0.05) is 42.5 Å². The number of aromatic nitrogens is 1. The Morgan fingerprint density at radius 2 is 1.77 bits per heavy atom. The molecule has 7 heteroatoms. The minimum absolute atomic E-state index is 0.0811. The van der Waals surface area contributed by atoms with Gasteiger partial charge in [0.2, 0.25) is 11.8 Å². The van der Waals surface area contributed by atoms with Gasteiger partial charge < -0.3 is 5.11 Å². The van der Waals surface area contributed by atoms with E-state index in [9.17, 15) is 15.6 Å². The number of aliphatic hydroxyl groups is 1. The van der Waals surface area contributed by atoms with Gasteiger partial charge in [-0.2, -0.15) is 15.1 Å². The average Bonchev–Trinajstić information content (AvgIpc) is 3.35. The van der Waals surface area contributed by atoms with Gasteiger partial charge in [0, 0.05) is 22.6 Å². The molecule has 4 rings (SSSR count). The van der Waals surface area contributed by atoms with Gasteiger partial charge in [-0.3, -0.25) is 5.41 Å². The molecule has 4 unspecified atom stereocenters. The molecule has 0 radical (unpaired) electrons. The van der Waals surface area contributed by atoms with Crippen LogP contribution in [-0.2, 0) is 5.72 Å². The molecule has 150 valence electrons. The lowest BCUT2D eigenvalue weighted by molar-refractivity contribution is -0.744. The number of pyridine rings is 1. The first-order valence-corrected chi connectivity index (χ1v) is 10.5. The van der Waals surface area contributed by atoms with E-state index < -0.39 is 23.6 Å². The van der Waals surface area contributed by atoms with Crippen molar-refractivity contribution in [2.45, 2.75) is 17.7 Å². The lowest BCUT2D eigenvalue weighted by atomic mass is 9.72. The van der Waals surface area contributed by atoms with E-state index in [4.69, 9.17) is 5.41 Å². The van der Waals surface area contributed by atoms with Gasteiger partial charge in [-0.05, 0) is 17.3 Å². The maximum atomic E-state index is 12.1. The molecule has 3 heterocycles. The van der Waals surface area contributed by atoms with Gasteiger partial charge >= 0.3 is 0 Å². The number of nitrogens with one attached hydrogen (secondary N) is 1. The quantitative estimate of drug-likeness (QED) is 0.380. The summed E-state index contributed by atoms with van der Waals surface area (Å²) in [5.41, 5.74) is -1.31. The molecule has 31 heavy (non-hydrogen) atoms. The number of rotatable bonds is 4. The predicted molar refractivity (Wildman–Crippen MR) is 116 cm³/mol. The van der Waals surface area contributed by atoms with Crippen LogP contribution in [0.25, 0.3) is 0 Å². The minimum atomic E-state index is -1.77. The summed E-state index contributed by atoms with van der Waals surface area (Å²) in [5.74, 6) is 0.757. The Kier molecular flexibility index (Phi) is 5.58. The summed E-state index contributed by atoms with van der Waals surface area (Å²) >= 11 is 1.48. The summed E-state index contributed by atoms with van der Waals surface area (Å²) in [6, 6.07) is 22.0. The first-order chi connectivity index (χ1) is 15.1. The molecule has 0 bridgehead atoms. The summed E-state index contributed by atoms with van der Waals surface area (Å²) in [5, 5.41) is 41.3. The number of nitrogens with zero attached hydrogens (tertiary/aromatic N) is 4. The van der Waals surface area contributed by atoms with Crippen LogP contribution in [0.15, 0.2) is 89.0 Å². The molecule has 1 aliphatic heterocycles. The van der Waals surface area contributed by atoms with Crippen molar-refractivity contribution in [3.8, 4) is 12.1 Å². The summed E-state index contributed by atoms with van der Waals surface area (Å²) in [6.07, 6.45) is 3.68. The Morgan fingerprint density at radius 1 is 1.06 bits per heavy atom. The molecule has 0 saturated carbocycles. The van der Waals surface area contributed by atoms with Crippen molar-refractivity contribution in [2.24, 2.45) is 10.9 Å². The minimum Gasteiger partial charge on any atom is -0.360 e. The number of thiophene rings is 1. The maximum Gasteiger partial charge on any atom is 0.246 e. The molecular formula is C24H18N5OS+. The van der Waals surface area contributed by atoms with Crippen LogP contribution in [0.1, 0.15) is 22.4 Å². The van der Waals surface area contributed by atoms with Crippen LogP contribution in [0.4, 0.5) is 0 Å². The molecule has 0 aliphatic carbocycles. The van der Waals surface area contributed by atoms with Gasteiger partial charge in [0.1, 0.15) is 17.6 Å². The molecular weight excluding hydrogens is 406 g/mol.